The average Bonchev–Trinajstić information content (AvgIpc) is 2.71. The van der Waals surface area contributed by atoms with Gasteiger partial charge in [0.15, 0.2) is 17.3 Å². The molecule has 0 fully saturated rings. The number of methoxy groups -OCH3 is 2. The Hall–Kier alpha value is -3.30. The number of ether oxygens (including phenoxy) is 2. The van der Waals surface area contributed by atoms with E-state index in [1.54, 1.807) is 14.2 Å². The number of nitrogens with zero attached hydrogens (tertiary/aromatic N) is 1. The van der Waals surface area contributed by atoms with Crippen molar-refractivity contribution in [2.45, 2.75) is 13.0 Å². The highest BCUT2D eigenvalue weighted by Gasteiger charge is 2.28. The molecule has 0 amide bonds. The van der Waals surface area contributed by atoms with Crippen molar-refractivity contribution in [3.8, 4) is 11.5 Å². The quantitative estimate of drug-likeness (QED) is 0.688. The summed E-state index contributed by atoms with van der Waals surface area (Å²) in [6.45, 7) is 2.22. The first-order valence-corrected chi connectivity index (χ1v) is 11.0. The van der Waals surface area contributed by atoms with E-state index in [9.17, 15) is 13.2 Å². The number of hydrogen-bond donors (Lipinski definition) is 2. The van der Waals surface area contributed by atoms with Gasteiger partial charge in [0.1, 0.15) is 0 Å². The Kier molecular flexibility index (Phi) is 6.37. The summed E-state index contributed by atoms with van der Waals surface area (Å²) in [5.74, 6) is -1.25. The maximum atomic E-state index is 9.62. The van der Waals surface area contributed by atoms with Gasteiger partial charge in [0.2, 0.25) is 0 Å². The molecule has 164 valence electrons. The molecular weight excluding hydrogens is 422 g/mol. The molecule has 2 N–H and O–H groups in total. The van der Waals surface area contributed by atoms with Crippen molar-refractivity contribution in [3.63, 3.8) is 0 Å². The van der Waals surface area contributed by atoms with Crippen LogP contribution in [0.4, 0.5) is 0 Å². The second kappa shape index (κ2) is 8.83. The molecular formula is C22H23NO7S. The van der Waals surface area contributed by atoms with Crippen LogP contribution in [0.3, 0.4) is 0 Å². The topological polar surface area (TPSA) is 113 Å². The van der Waals surface area contributed by atoms with E-state index in [1.165, 1.54) is 28.0 Å². The van der Waals surface area contributed by atoms with E-state index in [0.29, 0.717) is 0 Å². The molecule has 2 heterocycles. The number of rotatable bonds is 4. The minimum Gasteiger partial charge on any atom is -0.493 e. The van der Waals surface area contributed by atoms with E-state index < -0.39 is 21.8 Å². The second-order valence-corrected chi connectivity index (χ2v) is 8.42. The maximum absolute atomic E-state index is 9.62. The third kappa shape index (κ3) is 4.89. The lowest BCUT2D eigenvalue weighted by Gasteiger charge is -2.38. The van der Waals surface area contributed by atoms with Gasteiger partial charge in [-0.05, 0) is 47.9 Å². The Morgan fingerprint density at radius 1 is 1.10 bits per heavy atom. The lowest BCUT2D eigenvalue weighted by atomic mass is 9.89. The van der Waals surface area contributed by atoms with Crippen molar-refractivity contribution in [2.24, 2.45) is 0 Å². The minimum absolute atomic E-state index is 0.245. The Morgan fingerprint density at radius 3 is 2.32 bits per heavy atom. The van der Waals surface area contributed by atoms with Crippen LogP contribution in [-0.4, -0.2) is 48.9 Å². The van der Waals surface area contributed by atoms with Crippen LogP contribution in [-0.2, 0) is 14.9 Å². The van der Waals surface area contributed by atoms with Gasteiger partial charge < -0.3 is 19.5 Å². The SMILES string of the molecule is COc1cc2c(cc1OC)C(C)N1C=Cc3ccccc3C1=C2.O=C(O)CS(=O)(=O)O. The van der Waals surface area contributed by atoms with Crippen molar-refractivity contribution in [1.82, 2.24) is 4.90 Å². The number of benzene rings is 2. The van der Waals surface area contributed by atoms with Gasteiger partial charge in [-0.1, -0.05) is 24.3 Å². The second-order valence-electron chi connectivity index (χ2n) is 6.97. The standard InChI is InChI=1S/C20H19NO2.C2H4O5S/c1-13-17-12-20(23-3)19(22-2)11-15(17)10-18-16-7-5-4-6-14(16)8-9-21(13)18;3-2(4)1-8(5,6)7/h4-13H,1-3H3;1H2,(H,3,4)(H,5,6,7). The highest BCUT2D eigenvalue weighted by molar-refractivity contribution is 7.86. The molecule has 0 aromatic heterocycles. The first kappa shape index (κ1) is 22.4. The summed E-state index contributed by atoms with van der Waals surface area (Å²) < 4.78 is 37.9. The monoisotopic (exact) mass is 445 g/mol. The third-order valence-corrected chi connectivity index (χ3v) is 5.60. The molecule has 0 bridgehead atoms. The van der Waals surface area contributed by atoms with Crippen LogP contribution < -0.4 is 9.47 Å². The Balaban J connectivity index is 0.000000293. The summed E-state index contributed by atoms with van der Waals surface area (Å²) >= 11 is 0. The molecule has 4 rings (SSSR count). The summed E-state index contributed by atoms with van der Waals surface area (Å²) in [4.78, 5) is 11.8. The van der Waals surface area contributed by atoms with Crippen LogP contribution in [0.25, 0.3) is 17.8 Å². The van der Waals surface area contributed by atoms with E-state index in [0.717, 1.165) is 11.5 Å². The zero-order valence-electron chi connectivity index (χ0n) is 17.3. The lowest BCUT2D eigenvalue weighted by molar-refractivity contribution is -0.134. The highest BCUT2D eigenvalue weighted by Crippen LogP contribution is 2.45. The third-order valence-electron chi connectivity index (χ3n) is 4.98. The van der Waals surface area contributed by atoms with E-state index in [2.05, 4.69) is 66.6 Å². The van der Waals surface area contributed by atoms with E-state index in [1.807, 2.05) is 0 Å². The molecule has 2 aromatic rings. The van der Waals surface area contributed by atoms with Crippen molar-refractivity contribution in [2.75, 3.05) is 20.0 Å². The number of carbonyl (C=O) groups is 1. The number of carboxylic acid groups (broad SMARTS) is 1. The molecule has 2 aliphatic rings. The molecule has 2 aromatic carbocycles. The molecule has 0 aliphatic carbocycles. The van der Waals surface area contributed by atoms with Gasteiger partial charge in [-0.25, -0.2) is 0 Å². The van der Waals surface area contributed by atoms with Crippen LogP contribution >= 0.6 is 0 Å². The zero-order chi connectivity index (χ0) is 22.8. The molecule has 8 nitrogen and oxygen atoms in total. The number of fused-ring (bicyclic) bond motifs is 4. The minimum atomic E-state index is -4.32. The van der Waals surface area contributed by atoms with Gasteiger partial charge in [-0.3, -0.25) is 9.35 Å². The van der Waals surface area contributed by atoms with Crippen molar-refractivity contribution >= 4 is 33.9 Å². The fourth-order valence-electron chi connectivity index (χ4n) is 3.60. The number of hydrogen-bond acceptors (Lipinski definition) is 6. The van der Waals surface area contributed by atoms with E-state index in [4.69, 9.17) is 19.1 Å². The van der Waals surface area contributed by atoms with Gasteiger partial charge in [-0.15, -0.1) is 0 Å². The molecule has 1 unspecified atom stereocenters. The van der Waals surface area contributed by atoms with Crippen LogP contribution in [0.2, 0.25) is 0 Å². The van der Waals surface area contributed by atoms with Gasteiger partial charge in [0.05, 0.1) is 20.3 Å². The summed E-state index contributed by atoms with van der Waals surface area (Å²) in [6, 6.07) is 12.9. The van der Waals surface area contributed by atoms with Gasteiger partial charge in [0.25, 0.3) is 10.1 Å². The fourth-order valence-corrected chi connectivity index (χ4v) is 3.91. The summed E-state index contributed by atoms with van der Waals surface area (Å²) in [6.07, 6.45) is 6.58. The largest absolute Gasteiger partial charge is 0.493 e. The normalized spacial score (nSPS) is 16.1. The fraction of sp³-hybridized carbons (Fsp3) is 0.227. The maximum Gasteiger partial charge on any atom is 0.321 e. The number of carboxylic acids is 1. The molecule has 2 aliphatic heterocycles. The van der Waals surface area contributed by atoms with E-state index in [-0.39, 0.29) is 6.04 Å². The Labute approximate surface area is 180 Å². The molecule has 0 radical (unpaired) electrons. The predicted molar refractivity (Wildman–Crippen MR) is 117 cm³/mol. The predicted octanol–water partition coefficient (Wildman–Crippen LogP) is 3.52. The lowest BCUT2D eigenvalue weighted by Crippen LogP contribution is -2.26. The van der Waals surface area contributed by atoms with Crippen LogP contribution in [0.15, 0.2) is 42.6 Å². The van der Waals surface area contributed by atoms with Gasteiger partial charge >= 0.3 is 5.97 Å². The first-order chi connectivity index (χ1) is 14.6. The van der Waals surface area contributed by atoms with Gasteiger partial charge in [0, 0.05) is 17.5 Å². The van der Waals surface area contributed by atoms with Crippen molar-refractivity contribution < 1.29 is 32.3 Å². The van der Waals surface area contributed by atoms with Crippen LogP contribution in [0.1, 0.15) is 35.2 Å². The van der Waals surface area contributed by atoms with Crippen molar-refractivity contribution in [1.29, 1.82) is 0 Å². The Morgan fingerprint density at radius 2 is 1.74 bits per heavy atom. The van der Waals surface area contributed by atoms with Crippen LogP contribution in [0.5, 0.6) is 11.5 Å². The smallest absolute Gasteiger partial charge is 0.321 e. The highest BCUT2D eigenvalue weighted by atomic mass is 32.2. The molecule has 0 saturated heterocycles. The van der Waals surface area contributed by atoms with Crippen molar-refractivity contribution in [3.05, 3.63) is 64.9 Å². The van der Waals surface area contributed by atoms with Crippen LogP contribution in [0, 0.1) is 0 Å². The summed E-state index contributed by atoms with van der Waals surface area (Å²) in [5.41, 5.74) is 6.19. The van der Waals surface area contributed by atoms with Gasteiger partial charge in [-0.2, -0.15) is 8.42 Å². The number of aliphatic carboxylic acids is 1. The molecule has 0 spiro atoms. The Bertz CT molecular complexity index is 1170. The first-order valence-electron chi connectivity index (χ1n) is 9.35. The molecule has 1 atom stereocenters. The van der Waals surface area contributed by atoms with E-state index >= 15 is 0 Å². The average molecular weight is 445 g/mol. The molecule has 9 heteroatoms. The summed E-state index contributed by atoms with van der Waals surface area (Å²) in [5, 5.41) is 7.71. The molecule has 0 saturated carbocycles. The summed E-state index contributed by atoms with van der Waals surface area (Å²) in [7, 11) is -0.971. The zero-order valence-corrected chi connectivity index (χ0v) is 18.1. The molecule has 31 heavy (non-hydrogen) atoms.